The summed E-state index contributed by atoms with van der Waals surface area (Å²) in [6, 6.07) is 27.8. The second-order valence-corrected chi connectivity index (χ2v) is 9.91. The molecule has 7 rings (SSSR count). The average molecular weight is 501 g/mol. The summed E-state index contributed by atoms with van der Waals surface area (Å²) >= 11 is 0. The Bertz CT molecular complexity index is 1630. The third-order valence-electron chi connectivity index (χ3n) is 8.19. The van der Waals surface area contributed by atoms with Crippen molar-refractivity contribution in [2.75, 3.05) is 0 Å². The molecule has 2 unspecified atom stereocenters. The summed E-state index contributed by atoms with van der Waals surface area (Å²) in [5, 5.41) is 11.1. The van der Waals surface area contributed by atoms with Crippen molar-refractivity contribution < 1.29 is 29.0 Å². The van der Waals surface area contributed by atoms with Crippen molar-refractivity contribution in [2.24, 2.45) is 5.41 Å². The van der Waals surface area contributed by atoms with Crippen molar-refractivity contribution in [1.29, 1.82) is 0 Å². The van der Waals surface area contributed by atoms with Crippen LogP contribution < -0.4 is 0 Å². The molecular formula is C32H20O6. The number of carbonyl (C=O) groups is 4. The Morgan fingerprint density at radius 2 is 1.00 bits per heavy atom. The number of rotatable bonds is 2. The molecule has 6 nitrogen and oxygen atoms in total. The molecular weight excluding hydrogens is 480 g/mol. The van der Waals surface area contributed by atoms with E-state index in [1.807, 2.05) is 0 Å². The first-order valence-corrected chi connectivity index (χ1v) is 12.3. The molecule has 0 aromatic heterocycles. The van der Waals surface area contributed by atoms with Crippen molar-refractivity contribution >= 4 is 23.1 Å². The minimum atomic E-state index is -2.23. The molecule has 0 saturated carbocycles. The van der Waals surface area contributed by atoms with Crippen LogP contribution in [0.15, 0.2) is 103 Å². The van der Waals surface area contributed by atoms with Gasteiger partial charge in [-0.15, -0.1) is 0 Å². The molecule has 4 aromatic rings. The Balaban J connectivity index is 1.61. The molecule has 4 aromatic carbocycles. The van der Waals surface area contributed by atoms with E-state index in [0.717, 1.165) is 0 Å². The van der Waals surface area contributed by atoms with Gasteiger partial charge < -0.3 is 9.84 Å². The Morgan fingerprint density at radius 1 is 0.553 bits per heavy atom. The first kappa shape index (κ1) is 22.5. The predicted molar refractivity (Wildman–Crippen MR) is 136 cm³/mol. The average Bonchev–Trinajstić information content (AvgIpc) is 3.48. The van der Waals surface area contributed by atoms with E-state index in [1.54, 1.807) is 97.1 Å². The minimum absolute atomic E-state index is 0.134. The van der Waals surface area contributed by atoms with Gasteiger partial charge in [0.1, 0.15) is 17.3 Å². The zero-order chi connectivity index (χ0) is 26.2. The number of fused-ring (bicyclic) bond motifs is 2. The molecule has 1 saturated heterocycles. The van der Waals surface area contributed by atoms with Crippen LogP contribution in [0.2, 0.25) is 0 Å². The van der Waals surface area contributed by atoms with Crippen LogP contribution in [0, 0.1) is 5.41 Å². The van der Waals surface area contributed by atoms with Crippen LogP contribution in [-0.2, 0) is 4.74 Å². The van der Waals surface area contributed by atoms with Gasteiger partial charge in [-0.1, -0.05) is 97.1 Å². The number of Topliss-reactive ketones (excluding diaryl/α,β-unsaturated/α-hetero) is 4. The Labute approximate surface area is 217 Å². The fourth-order valence-corrected chi connectivity index (χ4v) is 6.65. The first-order valence-electron chi connectivity index (χ1n) is 12.3. The fraction of sp³-hybridized carbons (Fsp3) is 0.125. The van der Waals surface area contributed by atoms with Crippen LogP contribution in [-0.4, -0.2) is 33.8 Å². The lowest BCUT2D eigenvalue weighted by Crippen LogP contribution is -2.51. The molecule has 0 amide bonds. The predicted octanol–water partition coefficient (Wildman–Crippen LogP) is 5.13. The lowest BCUT2D eigenvalue weighted by atomic mass is 9.59. The minimum Gasteiger partial charge on any atom is -0.508 e. The molecule has 38 heavy (non-hydrogen) atoms. The highest BCUT2D eigenvalue weighted by Crippen LogP contribution is 2.68. The van der Waals surface area contributed by atoms with Gasteiger partial charge in [0.25, 0.3) is 0 Å². The van der Waals surface area contributed by atoms with Crippen LogP contribution in [0.5, 0.6) is 5.75 Å². The number of ketones is 4. The van der Waals surface area contributed by atoms with E-state index in [-0.39, 0.29) is 33.6 Å². The van der Waals surface area contributed by atoms with Crippen LogP contribution >= 0.6 is 0 Å². The van der Waals surface area contributed by atoms with Gasteiger partial charge in [-0.3, -0.25) is 19.2 Å². The largest absolute Gasteiger partial charge is 0.508 e. The highest BCUT2D eigenvalue weighted by Gasteiger charge is 2.79. The summed E-state index contributed by atoms with van der Waals surface area (Å²) in [7, 11) is 0. The number of ether oxygens (including phenoxy) is 1. The van der Waals surface area contributed by atoms with E-state index in [9.17, 15) is 24.3 Å². The zero-order valence-electron chi connectivity index (χ0n) is 20.0. The van der Waals surface area contributed by atoms with Gasteiger partial charge in [-0.05, 0) is 11.6 Å². The number of phenolic OH excluding ortho intramolecular Hbond substituents is 1. The van der Waals surface area contributed by atoms with Gasteiger partial charge in [0.2, 0.25) is 17.2 Å². The highest BCUT2D eigenvalue weighted by atomic mass is 16.5. The van der Waals surface area contributed by atoms with Crippen LogP contribution in [0.4, 0.5) is 0 Å². The Morgan fingerprint density at radius 3 is 1.53 bits per heavy atom. The summed E-state index contributed by atoms with van der Waals surface area (Å²) < 4.78 is 6.58. The molecule has 1 N–H and O–H groups in total. The number of carbonyl (C=O) groups excluding carboxylic acids is 4. The van der Waals surface area contributed by atoms with Crippen molar-refractivity contribution in [2.45, 2.75) is 17.6 Å². The number of hydrogen-bond acceptors (Lipinski definition) is 6. The van der Waals surface area contributed by atoms with Gasteiger partial charge in [-0.25, -0.2) is 0 Å². The highest BCUT2D eigenvalue weighted by molar-refractivity contribution is 6.37. The van der Waals surface area contributed by atoms with Gasteiger partial charge in [0.05, 0.1) is 5.92 Å². The van der Waals surface area contributed by atoms with Crippen molar-refractivity contribution in [1.82, 2.24) is 0 Å². The Hall–Kier alpha value is -4.68. The number of phenols is 1. The third-order valence-corrected chi connectivity index (χ3v) is 8.19. The molecule has 2 atom stereocenters. The van der Waals surface area contributed by atoms with Gasteiger partial charge >= 0.3 is 0 Å². The molecule has 2 spiro atoms. The second-order valence-electron chi connectivity index (χ2n) is 9.91. The Kier molecular flexibility index (Phi) is 4.54. The maximum Gasteiger partial charge on any atom is 0.204 e. The van der Waals surface area contributed by atoms with E-state index in [2.05, 4.69) is 0 Å². The zero-order valence-corrected chi connectivity index (χ0v) is 20.0. The molecule has 0 bridgehead atoms. The molecule has 184 valence electrons. The molecule has 1 aliphatic heterocycles. The third kappa shape index (κ3) is 2.50. The first-order chi connectivity index (χ1) is 18.4. The van der Waals surface area contributed by atoms with E-state index >= 15 is 0 Å². The number of aromatic hydroxyl groups is 1. The standard InChI is InChI=1S/C32H20O6/c33-24-17-9-8-16-23(24)25-31(26(34)19-12-4-5-13-20(19)27(31)35)30(18-10-2-1-3-11-18)38-32(25)28(36)21-14-6-7-15-22(21)29(32)37/h1-17,25,30,33H. The number of para-hydroxylation sites is 1. The van der Waals surface area contributed by atoms with Crippen LogP contribution in [0.3, 0.4) is 0 Å². The molecule has 1 fully saturated rings. The summed E-state index contributed by atoms with van der Waals surface area (Å²) in [5.41, 5.74) is -2.88. The van der Waals surface area contributed by atoms with E-state index in [0.29, 0.717) is 5.56 Å². The van der Waals surface area contributed by atoms with Crippen LogP contribution in [0.25, 0.3) is 0 Å². The summed E-state index contributed by atoms with van der Waals surface area (Å²) in [6.07, 6.45) is -1.26. The summed E-state index contributed by atoms with van der Waals surface area (Å²) in [4.78, 5) is 57.6. The van der Waals surface area contributed by atoms with Gasteiger partial charge in [-0.2, -0.15) is 0 Å². The lowest BCUT2D eigenvalue weighted by Gasteiger charge is -2.35. The van der Waals surface area contributed by atoms with Gasteiger partial charge in [0.15, 0.2) is 11.6 Å². The second kappa shape index (κ2) is 7.66. The quantitative estimate of drug-likeness (QED) is 0.383. The van der Waals surface area contributed by atoms with Crippen LogP contribution in [0.1, 0.15) is 64.6 Å². The lowest BCUT2D eigenvalue weighted by molar-refractivity contribution is -0.0211. The maximum atomic E-state index is 14.5. The normalized spacial score (nSPS) is 22.3. The van der Waals surface area contributed by atoms with E-state index in [4.69, 9.17) is 4.74 Å². The van der Waals surface area contributed by atoms with E-state index < -0.39 is 46.2 Å². The van der Waals surface area contributed by atoms with Crippen molar-refractivity contribution in [3.63, 3.8) is 0 Å². The summed E-state index contributed by atoms with van der Waals surface area (Å²) in [5.74, 6) is -3.97. The molecule has 0 radical (unpaired) electrons. The summed E-state index contributed by atoms with van der Waals surface area (Å²) in [6.45, 7) is 0. The molecule has 2 aliphatic carbocycles. The molecule has 6 heteroatoms. The maximum absolute atomic E-state index is 14.5. The number of benzene rings is 4. The number of hydrogen-bond donors (Lipinski definition) is 1. The van der Waals surface area contributed by atoms with Crippen molar-refractivity contribution in [3.8, 4) is 5.75 Å². The van der Waals surface area contributed by atoms with Crippen molar-refractivity contribution in [3.05, 3.63) is 137 Å². The SMILES string of the molecule is O=C1c2ccccc2C(=O)C12OC(c1ccccc1)C1(C(=O)c3ccccc3C1=O)C2c1ccccc1O. The monoisotopic (exact) mass is 500 g/mol. The fourth-order valence-electron chi connectivity index (χ4n) is 6.65. The van der Waals surface area contributed by atoms with Gasteiger partial charge in [0, 0.05) is 27.8 Å². The van der Waals surface area contributed by atoms with E-state index in [1.165, 1.54) is 6.07 Å². The molecule has 1 heterocycles. The smallest absolute Gasteiger partial charge is 0.204 e. The topological polar surface area (TPSA) is 97.7 Å². The molecule has 3 aliphatic rings.